The van der Waals surface area contributed by atoms with Gasteiger partial charge >= 0.3 is 5.97 Å². The van der Waals surface area contributed by atoms with E-state index in [0.29, 0.717) is 16.7 Å². The van der Waals surface area contributed by atoms with Crippen LogP contribution in [0.1, 0.15) is 26.3 Å². The Hall–Kier alpha value is -4.33. The van der Waals surface area contributed by atoms with Crippen LogP contribution in [0.15, 0.2) is 72.8 Å². The Kier molecular flexibility index (Phi) is 4.58. The number of esters is 1. The monoisotopic (exact) mass is 388 g/mol. The maximum Gasteiger partial charge on any atom is 0.345 e. The maximum absolute atomic E-state index is 12.5. The number of hydrogen-bond acceptors (Lipinski definition) is 7. The number of hydrogen-bond donors (Lipinski definition) is 0. The summed E-state index contributed by atoms with van der Waals surface area (Å²) >= 11 is 0. The van der Waals surface area contributed by atoms with E-state index in [0.717, 1.165) is 0 Å². The number of non-ortho nitro benzene ring substituents is 1. The standard InChI is InChI=1S/C21H12N2O6/c24-20-17-8-7-16(28-21(25)14-2-1-9-22-12-14)11-18(17)29-19(20)10-13-3-5-15(6-4-13)23(26)27/h1-12H/b19-10-. The third-order valence-electron chi connectivity index (χ3n) is 4.15. The van der Waals surface area contributed by atoms with Gasteiger partial charge in [-0.2, -0.15) is 0 Å². The first-order valence-electron chi connectivity index (χ1n) is 8.46. The molecule has 0 saturated heterocycles. The molecule has 0 saturated carbocycles. The molecule has 1 aromatic heterocycles. The molecule has 8 nitrogen and oxygen atoms in total. The summed E-state index contributed by atoms with van der Waals surface area (Å²) in [5.74, 6) is -0.348. The molecule has 29 heavy (non-hydrogen) atoms. The van der Waals surface area contributed by atoms with Crippen molar-refractivity contribution in [3.05, 3.63) is 99.6 Å². The van der Waals surface area contributed by atoms with Crippen LogP contribution in [0.4, 0.5) is 5.69 Å². The Morgan fingerprint density at radius 3 is 2.62 bits per heavy atom. The van der Waals surface area contributed by atoms with Gasteiger partial charge in [-0.15, -0.1) is 0 Å². The van der Waals surface area contributed by atoms with Crippen molar-refractivity contribution in [2.24, 2.45) is 0 Å². The summed E-state index contributed by atoms with van der Waals surface area (Å²) < 4.78 is 10.9. The smallest absolute Gasteiger partial charge is 0.345 e. The van der Waals surface area contributed by atoms with Crippen molar-refractivity contribution in [2.75, 3.05) is 0 Å². The van der Waals surface area contributed by atoms with Gasteiger partial charge in [0.15, 0.2) is 5.76 Å². The Labute approximate surface area is 164 Å². The van der Waals surface area contributed by atoms with Gasteiger partial charge in [0.1, 0.15) is 11.5 Å². The molecule has 1 aliphatic heterocycles. The largest absolute Gasteiger partial charge is 0.452 e. The number of aromatic nitrogens is 1. The predicted molar refractivity (Wildman–Crippen MR) is 102 cm³/mol. The quantitative estimate of drug-likeness (QED) is 0.220. The van der Waals surface area contributed by atoms with E-state index in [4.69, 9.17) is 9.47 Å². The highest BCUT2D eigenvalue weighted by atomic mass is 16.6. The second-order valence-electron chi connectivity index (χ2n) is 6.08. The van der Waals surface area contributed by atoms with Gasteiger partial charge in [0, 0.05) is 30.6 Å². The lowest BCUT2D eigenvalue weighted by molar-refractivity contribution is -0.384. The highest BCUT2D eigenvalue weighted by Gasteiger charge is 2.28. The molecule has 0 unspecified atom stereocenters. The fraction of sp³-hybridized carbons (Fsp3) is 0. The first-order valence-corrected chi connectivity index (χ1v) is 8.46. The number of carbonyl (C=O) groups excluding carboxylic acids is 2. The number of carbonyl (C=O) groups is 2. The number of Topliss-reactive ketones (excluding diaryl/α,β-unsaturated/α-hetero) is 1. The molecule has 0 N–H and O–H groups in total. The number of ketones is 1. The average molecular weight is 388 g/mol. The zero-order chi connectivity index (χ0) is 20.4. The highest BCUT2D eigenvalue weighted by Crippen LogP contribution is 2.35. The van der Waals surface area contributed by atoms with Gasteiger partial charge in [-0.1, -0.05) is 0 Å². The van der Waals surface area contributed by atoms with Crippen LogP contribution in [0.25, 0.3) is 6.08 Å². The minimum atomic E-state index is -0.580. The van der Waals surface area contributed by atoms with Gasteiger partial charge in [-0.05, 0) is 48.0 Å². The van der Waals surface area contributed by atoms with E-state index in [1.54, 1.807) is 18.3 Å². The fourth-order valence-electron chi connectivity index (χ4n) is 2.72. The molecule has 0 radical (unpaired) electrons. The summed E-state index contributed by atoms with van der Waals surface area (Å²) in [5.41, 5.74) is 1.16. The summed E-state index contributed by atoms with van der Waals surface area (Å²) in [6.07, 6.45) is 4.43. The first kappa shape index (κ1) is 18.1. The van der Waals surface area contributed by atoms with Crippen LogP contribution in [0, 0.1) is 10.1 Å². The van der Waals surface area contributed by atoms with E-state index in [1.165, 1.54) is 54.7 Å². The summed E-state index contributed by atoms with van der Waals surface area (Å²) in [6, 6.07) is 13.4. The van der Waals surface area contributed by atoms with E-state index in [1.807, 2.05) is 0 Å². The number of nitro benzene ring substituents is 1. The molecule has 0 aliphatic carbocycles. The number of nitro groups is 1. The molecule has 1 aliphatic rings. The van der Waals surface area contributed by atoms with Crippen LogP contribution < -0.4 is 9.47 Å². The topological polar surface area (TPSA) is 109 Å². The number of fused-ring (bicyclic) bond motifs is 1. The minimum absolute atomic E-state index is 0.0471. The third-order valence-corrected chi connectivity index (χ3v) is 4.15. The Morgan fingerprint density at radius 1 is 1.14 bits per heavy atom. The molecule has 142 valence electrons. The second-order valence-corrected chi connectivity index (χ2v) is 6.08. The van der Waals surface area contributed by atoms with Crippen LogP contribution in [0.2, 0.25) is 0 Å². The fourth-order valence-corrected chi connectivity index (χ4v) is 2.72. The van der Waals surface area contributed by atoms with Crippen molar-refractivity contribution in [3.63, 3.8) is 0 Å². The zero-order valence-corrected chi connectivity index (χ0v) is 14.8. The molecular weight excluding hydrogens is 376 g/mol. The molecule has 0 bridgehead atoms. The van der Waals surface area contributed by atoms with Gasteiger partial charge in [0.2, 0.25) is 5.78 Å². The molecule has 0 spiro atoms. The van der Waals surface area contributed by atoms with Gasteiger partial charge < -0.3 is 9.47 Å². The molecular formula is C21H12N2O6. The van der Waals surface area contributed by atoms with Crippen LogP contribution >= 0.6 is 0 Å². The lowest BCUT2D eigenvalue weighted by Crippen LogP contribution is -2.08. The minimum Gasteiger partial charge on any atom is -0.452 e. The number of allylic oxidation sites excluding steroid dienone is 1. The van der Waals surface area contributed by atoms with Crippen molar-refractivity contribution in [2.45, 2.75) is 0 Å². The third kappa shape index (κ3) is 3.72. The van der Waals surface area contributed by atoms with Crippen LogP contribution in [0.3, 0.4) is 0 Å². The number of ether oxygens (including phenoxy) is 2. The zero-order valence-electron chi connectivity index (χ0n) is 14.8. The highest BCUT2D eigenvalue weighted by molar-refractivity contribution is 6.14. The van der Waals surface area contributed by atoms with Crippen molar-refractivity contribution in [1.29, 1.82) is 0 Å². The molecule has 2 heterocycles. The number of nitrogens with zero attached hydrogens (tertiary/aromatic N) is 2. The maximum atomic E-state index is 12.5. The van der Waals surface area contributed by atoms with E-state index in [-0.39, 0.29) is 28.7 Å². The Morgan fingerprint density at radius 2 is 1.93 bits per heavy atom. The summed E-state index contributed by atoms with van der Waals surface area (Å²) in [7, 11) is 0. The average Bonchev–Trinajstić information content (AvgIpc) is 3.03. The Balaban J connectivity index is 1.54. The lowest BCUT2D eigenvalue weighted by atomic mass is 10.1. The number of benzene rings is 2. The predicted octanol–water partition coefficient (Wildman–Crippen LogP) is 3.83. The van der Waals surface area contributed by atoms with Gasteiger partial charge in [-0.25, -0.2) is 4.79 Å². The first-order chi connectivity index (χ1) is 14.0. The van der Waals surface area contributed by atoms with Crippen LogP contribution in [-0.4, -0.2) is 21.7 Å². The molecule has 0 atom stereocenters. The van der Waals surface area contributed by atoms with Crippen LogP contribution in [0.5, 0.6) is 11.5 Å². The van der Waals surface area contributed by atoms with E-state index in [9.17, 15) is 19.7 Å². The van der Waals surface area contributed by atoms with Crippen molar-refractivity contribution >= 4 is 23.5 Å². The normalized spacial score (nSPS) is 13.7. The second kappa shape index (κ2) is 7.35. The van der Waals surface area contributed by atoms with E-state index < -0.39 is 10.9 Å². The summed E-state index contributed by atoms with van der Waals surface area (Å²) in [6.45, 7) is 0. The number of rotatable bonds is 4. The van der Waals surface area contributed by atoms with Crippen LogP contribution in [-0.2, 0) is 0 Å². The van der Waals surface area contributed by atoms with Crippen molar-refractivity contribution in [3.8, 4) is 11.5 Å². The molecule has 3 aromatic rings. The lowest BCUT2D eigenvalue weighted by Gasteiger charge is -2.05. The Bertz CT molecular complexity index is 1150. The van der Waals surface area contributed by atoms with Gasteiger partial charge in [0.05, 0.1) is 16.1 Å². The SMILES string of the molecule is O=C(Oc1ccc2c(c1)O/C(=C\c1ccc([N+](=O)[O-])cc1)C2=O)c1cccnc1. The van der Waals surface area contributed by atoms with Gasteiger partial charge in [-0.3, -0.25) is 19.9 Å². The van der Waals surface area contributed by atoms with E-state index >= 15 is 0 Å². The van der Waals surface area contributed by atoms with Gasteiger partial charge in [0.25, 0.3) is 5.69 Å². The molecule has 4 rings (SSSR count). The summed E-state index contributed by atoms with van der Waals surface area (Å²) in [5, 5.41) is 10.7. The van der Waals surface area contributed by atoms with Crippen molar-refractivity contribution < 1.29 is 24.0 Å². The molecule has 2 aromatic carbocycles. The molecule has 0 amide bonds. The number of pyridine rings is 1. The summed E-state index contributed by atoms with van der Waals surface area (Å²) in [4.78, 5) is 38.7. The molecule has 0 fully saturated rings. The molecule has 8 heteroatoms. The van der Waals surface area contributed by atoms with E-state index in [2.05, 4.69) is 4.98 Å². The van der Waals surface area contributed by atoms with Crippen molar-refractivity contribution in [1.82, 2.24) is 4.98 Å².